The second-order valence-electron chi connectivity index (χ2n) is 3.87. The van der Waals surface area contributed by atoms with Crippen LogP contribution < -0.4 is 0 Å². The number of aromatic nitrogens is 2. The lowest BCUT2D eigenvalue weighted by atomic mass is 10.2. The topological polar surface area (TPSA) is 54.6 Å². The van der Waals surface area contributed by atoms with E-state index in [4.69, 9.17) is 11.6 Å². The quantitative estimate of drug-likeness (QED) is 0.910. The molecule has 0 fully saturated rings. The van der Waals surface area contributed by atoms with Gasteiger partial charge in [-0.1, -0.05) is 24.9 Å². The molecular weight excluding hydrogens is 240 g/mol. The molecule has 0 aliphatic carbocycles. The molecule has 0 atom stereocenters. The Labute approximate surface area is 104 Å². The van der Waals surface area contributed by atoms with Crippen molar-refractivity contribution in [1.82, 2.24) is 9.38 Å². The molecule has 0 saturated carbocycles. The number of carboxylic acids is 1. The van der Waals surface area contributed by atoms with E-state index >= 15 is 0 Å². The molecule has 0 aliphatic heterocycles. The molecule has 0 saturated heterocycles. The first-order valence-electron chi connectivity index (χ1n) is 5.54. The van der Waals surface area contributed by atoms with E-state index in [1.165, 1.54) is 4.40 Å². The second kappa shape index (κ2) is 4.75. The van der Waals surface area contributed by atoms with Crippen molar-refractivity contribution < 1.29 is 9.90 Å². The number of unbranched alkanes of at least 4 members (excludes halogenated alkanes) is 1. The normalized spacial score (nSPS) is 10.9. The van der Waals surface area contributed by atoms with E-state index in [1.807, 2.05) is 0 Å². The Morgan fingerprint density at radius 1 is 1.59 bits per heavy atom. The molecule has 2 aromatic heterocycles. The molecule has 2 rings (SSSR count). The van der Waals surface area contributed by atoms with Gasteiger partial charge in [-0.05, 0) is 25.0 Å². The summed E-state index contributed by atoms with van der Waals surface area (Å²) in [4.78, 5) is 15.6. The van der Waals surface area contributed by atoms with E-state index in [0.717, 1.165) is 12.8 Å². The first-order chi connectivity index (χ1) is 8.15. The number of rotatable bonds is 4. The minimum absolute atomic E-state index is 0.218. The number of aromatic carboxylic acids is 1. The second-order valence-corrected chi connectivity index (χ2v) is 4.27. The molecule has 1 N–H and O–H groups in total. The summed E-state index contributed by atoms with van der Waals surface area (Å²) in [5.74, 6) is -0.967. The van der Waals surface area contributed by atoms with Gasteiger partial charge < -0.3 is 5.11 Å². The van der Waals surface area contributed by atoms with Crippen molar-refractivity contribution in [2.24, 2.45) is 0 Å². The predicted octanol–water partition coefficient (Wildman–Crippen LogP) is 3.03. The van der Waals surface area contributed by atoms with Gasteiger partial charge in [-0.2, -0.15) is 0 Å². The number of carboxylic acid groups (broad SMARTS) is 1. The van der Waals surface area contributed by atoms with Gasteiger partial charge in [0.05, 0.1) is 10.7 Å². The summed E-state index contributed by atoms with van der Waals surface area (Å²) in [6.45, 7) is 2.06. The van der Waals surface area contributed by atoms with Crippen LogP contribution in [-0.4, -0.2) is 20.5 Å². The fourth-order valence-electron chi connectivity index (χ4n) is 1.83. The van der Waals surface area contributed by atoms with Crippen molar-refractivity contribution in [3.8, 4) is 0 Å². The zero-order valence-electron chi connectivity index (χ0n) is 9.48. The van der Waals surface area contributed by atoms with Gasteiger partial charge in [-0.15, -0.1) is 0 Å². The number of halogens is 1. The Balaban J connectivity index is 2.62. The molecular formula is C12H13ClN2O2. The summed E-state index contributed by atoms with van der Waals surface area (Å²) >= 11 is 6.00. The highest BCUT2D eigenvalue weighted by Gasteiger charge is 2.18. The van der Waals surface area contributed by atoms with Crippen molar-refractivity contribution in [3.63, 3.8) is 0 Å². The maximum atomic E-state index is 11.3. The van der Waals surface area contributed by atoms with Crippen LogP contribution in [0.15, 0.2) is 18.3 Å². The van der Waals surface area contributed by atoms with Crippen molar-refractivity contribution in [2.45, 2.75) is 26.2 Å². The summed E-state index contributed by atoms with van der Waals surface area (Å²) in [5.41, 5.74) is 1.33. The van der Waals surface area contributed by atoms with E-state index < -0.39 is 5.97 Å². The van der Waals surface area contributed by atoms with Crippen LogP contribution in [-0.2, 0) is 6.42 Å². The summed E-state index contributed by atoms with van der Waals surface area (Å²) in [7, 11) is 0. The lowest BCUT2D eigenvalue weighted by molar-refractivity contribution is 0.0688. The Hall–Kier alpha value is -1.55. The van der Waals surface area contributed by atoms with Crippen molar-refractivity contribution in [2.75, 3.05) is 0 Å². The molecule has 90 valence electrons. The number of aryl methyl sites for hydroxylation is 1. The lowest BCUT2D eigenvalue weighted by Crippen LogP contribution is -2.05. The number of imidazole rings is 1. The molecule has 17 heavy (non-hydrogen) atoms. The number of fused-ring (bicyclic) bond motifs is 1. The van der Waals surface area contributed by atoms with Crippen LogP contribution >= 0.6 is 11.6 Å². The molecule has 0 bridgehead atoms. The van der Waals surface area contributed by atoms with Gasteiger partial charge in [0.15, 0.2) is 11.3 Å². The van der Waals surface area contributed by atoms with E-state index in [-0.39, 0.29) is 5.69 Å². The monoisotopic (exact) mass is 252 g/mol. The zero-order chi connectivity index (χ0) is 12.4. The van der Waals surface area contributed by atoms with Crippen LogP contribution in [0.4, 0.5) is 0 Å². The Kier molecular flexibility index (Phi) is 3.33. The van der Waals surface area contributed by atoms with Crippen LogP contribution in [0, 0.1) is 0 Å². The molecule has 0 aliphatic rings. The van der Waals surface area contributed by atoms with Crippen LogP contribution in [0.1, 0.15) is 35.9 Å². The molecule has 2 aromatic rings. The van der Waals surface area contributed by atoms with Crippen LogP contribution in [0.5, 0.6) is 0 Å². The summed E-state index contributed by atoms with van der Waals surface area (Å²) in [6.07, 6.45) is 4.26. The maximum Gasteiger partial charge on any atom is 0.354 e. The Morgan fingerprint density at radius 2 is 2.35 bits per heavy atom. The van der Waals surface area contributed by atoms with Gasteiger partial charge in [0, 0.05) is 6.20 Å². The number of carbonyl (C=O) groups is 1. The standard InChI is InChI=1S/C12H13ClN2O2/c1-2-3-6-9-10(12(16)17)15-7-4-5-8(13)11(15)14-9/h4-5,7H,2-3,6H2,1H3,(H,16,17). The molecule has 0 amide bonds. The molecule has 4 nitrogen and oxygen atoms in total. The fraction of sp³-hybridized carbons (Fsp3) is 0.333. The predicted molar refractivity (Wildman–Crippen MR) is 65.8 cm³/mol. The van der Waals surface area contributed by atoms with Gasteiger partial charge in [0.25, 0.3) is 0 Å². The average Bonchev–Trinajstić information content (AvgIpc) is 2.66. The smallest absolute Gasteiger partial charge is 0.354 e. The van der Waals surface area contributed by atoms with E-state index in [9.17, 15) is 9.90 Å². The Bertz CT molecular complexity index is 563. The third kappa shape index (κ3) is 2.13. The summed E-state index contributed by atoms with van der Waals surface area (Å²) < 4.78 is 1.54. The van der Waals surface area contributed by atoms with E-state index in [1.54, 1.807) is 18.3 Å². The zero-order valence-corrected chi connectivity index (χ0v) is 10.2. The number of hydrogen-bond donors (Lipinski definition) is 1. The van der Waals surface area contributed by atoms with Gasteiger partial charge in [-0.3, -0.25) is 4.40 Å². The van der Waals surface area contributed by atoms with Gasteiger partial charge in [0.2, 0.25) is 0 Å². The molecule has 0 unspecified atom stereocenters. The minimum atomic E-state index is -0.967. The van der Waals surface area contributed by atoms with Crippen molar-refractivity contribution in [3.05, 3.63) is 34.7 Å². The highest BCUT2D eigenvalue weighted by molar-refractivity contribution is 6.33. The van der Waals surface area contributed by atoms with Crippen LogP contribution in [0.25, 0.3) is 5.65 Å². The fourth-order valence-corrected chi connectivity index (χ4v) is 2.03. The van der Waals surface area contributed by atoms with E-state index in [2.05, 4.69) is 11.9 Å². The highest BCUT2D eigenvalue weighted by atomic mass is 35.5. The Morgan fingerprint density at radius 3 is 3.00 bits per heavy atom. The molecule has 0 aromatic carbocycles. The number of hydrogen-bond acceptors (Lipinski definition) is 2. The molecule has 5 heteroatoms. The van der Waals surface area contributed by atoms with Gasteiger partial charge in [-0.25, -0.2) is 9.78 Å². The number of nitrogens with zero attached hydrogens (tertiary/aromatic N) is 2. The summed E-state index contributed by atoms with van der Waals surface area (Å²) in [6, 6.07) is 3.42. The summed E-state index contributed by atoms with van der Waals surface area (Å²) in [5, 5.41) is 9.71. The first kappa shape index (κ1) is 11.9. The molecule has 0 radical (unpaired) electrons. The molecule has 2 heterocycles. The van der Waals surface area contributed by atoms with Crippen molar-refractivity contribution >= 4 is 23.2 Å². The SMILES string of the molecule is CCCCc1nc2c(Cl)cccn2c1C(=O)O. The first-order valence-corrected chi connectivity index (χ1v) is 5.91. The average molecular weight is 253 g/mol. The largest absolute Gasteiger partial charge is 0.477 e. The minimum Gasteiger partial charge on any atom is -0.477 e. The van der Waals surface area contributed by atoms with Crippen LogP contribution in [0.3, 0.4) is 0 Å². The highest BCUT2D eigenvalue weighted by Crippen LogP contribution is 2.21. The van der Waals surface area contributed by atoms with Crippen LogP contribution in [0.2, 0.25) is 5.02 Å². The number of pyridine rings is 1. The molecule has 0 spiro atoms. The third-order valence-corrected chi connectivity index (χ3v) is 2.94. The maximum absolute atomic E-state index is 11.3. The third-order valence-electron chi connectivity index (χ3n) is 2.64. The lowest BCUT2D eigenvalue weighted by Gasteiger charge is -1.99. The van der Waals surface area contributed by atoms with E-state index in [0.29, 0.717) is 22.8 Å². The van der Waals surface area contributed by atoms with Gasteiger partial charge in [0.1, 0.15) is 0 Å². The van der Waals surface area contributed by atoms with Gasteiger partial charge >= 0.3 is 5.97 Å². The van der Waals surface area contributed by atoms with Crippen molar-refractivity contribution in [1.29, 1.82) is 0 Å².